The van der Waals surface area contributed by atoms with Crippen LogP contribution in [0.4, 0.5) is 20.6 Å². The first-order chi connectivity index (χ1) is 14.6. The Hall–Kier alpha value is -2.44. The van der Waals surface area contributed by atoms with Crippen LogP contribution in [0.25, 0.3) is 0 Å². The van der Waals surface area contributed by atoms with Gasteiger partial charge in [0, 0.05) is 26.6 Å². The van der Waals surface area contributed by atoms with E-state index in [2.05, 4.69) is 5.32 Å². The monoisotopic (exact) mass is 456 g/mol. The SMILES string of the molecule is CC(=O)NCC1CN(c2ccc(N3CCOC4CN(S(C)(=O)=O)CC43)c(F)c2)C(=O)O1. The number of hydrogen-bond acceptors (Lipinski definition) is 7. The number of hydrogen-bond donors (Lipinski definition) is 1. The number of anilines is 2. The first-order valence-electron chi connectivity index (χ1n) is 9.99. The molecule has 0 radical (unpaired) electrons. The van der Waals surface area contributed by atoms with E-state index >= 15 is 4.39 Å². The molecule has 3 fully saturated rings. The lowest BCUT2D eigenvalue weighted by atomic mass is 10.1. The molecule has 4 rings (SSSR count). The number of nitrogens with one attached hydrogen (secondary N) is 1. The number of benzene rings is 1. The summed E-state index contributed by atoms with van der Waals surface area (Å²) in [5.41, 5.74) is 0.685. The molecule has 3 saturated heterocycles. The third-order valence-corrected chi connectivity index (χ3v) is 6.98. The van der Waals surface area contributed by atoms with Crippen molar-refractivity contribution in [3.8, 4) is 0 Å². The van der Waals surface area contributed by atoms with Crippen LogP contribution in [-0.2, 0) is 24.3 Å². The molecule has 0 aliphatic carbocycles. The number of amides is 2. The Morgan fingerprint density at radius 3 is 2.74 bits per heavy atom. The lowest BCUT2D eigenvalue weighted by molar-refractivity contribution is -0.119. The smallest absolute Gasteiger partial charge is 0.414 e. The normalized spacial score (nSPS) is 26.7. The molecule has 1 aromatic carbocycles. The van der Waals surface area contributed by atoms with Crippen molar-refractivity contribution in [1.29, 1.82) is 0 Å². The second-order valence-electron chi connectivity index (χ2n) is 7.94. The van der Waals surface area contributed by atoms with E-state index in [0.717, 1.165) is 6.26 Å². The number of fused-ring (bicyclic) bond motifs is 1. The minimum atomic E-state index is -3.37. The van der Waals surface area contributed by atoms with E-state index in [1.165, 1.54) is 22.2 Å². The van der Waals surface area contributed by atoms with E-state index in [1.54, 1.807) is 12.1 Å². The van der Waals surface area contributed by atoms with Crippen LogP contribution in [0.1, 0.15) is 6.92 Å². The van der Waals surface area contributed by atoms with Crippen molar-refractivity contribution in [2.75, 3.05) is 55.4 Å². The lowest BCUT2D eigenvalue weighted by Crippen LogP contribution is -2.51. The van der Waals surface area contributed by atoms with Gasteiger partial charge in [0.25, 0.3) is 0 Å². The summed E-state index contributed by atoms with van der Waals surface area (Å²) in [7, 11) is -3.37. The highest BCUT2D eigenvalue weighted by molar-refractivity contribution is 7.88. The predicted octanol–water partition coefficient (Wildman–Crippen LogP) is 0.136. The van der Waals surface area contributed by atoms with Gasteiger partial charge in [-0.15, -0.1) is 0 Å². The molecule has 1 N–H and O–H groups in total. The van der Waals surface area contributed by atoms with Crippen molar-refractivity contribution >= 4 is 33.4 Å². The van der Waals surface area contributed by atoms with Crippen molar-refractivity contribution in [2.24, 2.45) is 0 Å². The molecule has 0 bridgehead atoms. The molecule has 12 heteroatoms. The Labute approximate surface area is 179 Å². The molecule has 1 aromatic rings. The second-order valence-corrected chi connectivity index (χ2v) is 9.92. The molecule has 0 spiro atoms. The number of cyclic esters (lactones) is 1. The fourth-order valence-electron chi connectivity index (χ4n) is 4.22. The number of carbonyl (C=O) groups is 2. The van der Waals surface area contributed by atoms with E-state index in [1.807, 2.05) is 4.90 Å². The molecular formula is C19H25FN4O6S. The molecule has 3 atom stereocenters. The van der Waals surface area contributed by atoms with Gasteiger partial charge in [-0.1, -0.05) is 0 Å². The minimum absolute atomic E-state index is 0.186. The van der Waals surface area contributed by atoms with Crippen molar-refractivity contribution in [1.82, 2.24) is 9.62 Å². The molecule has 31 heavy (non-hydrogen) atoms. The fraction of sp³-hybridized carbons (Fsp3) is 0.579. The Balaban J connectivity index is 1.50. The molecule has 3 aliphatic rings. The van der Waals surface area contributed by atoms with Crippen molar-refractivity contribution in [3.05, 3.63) is 24.0 Å². The van der Waals surface area contributed by atoms with E-state index < -0.39 is 28.0 Å². The predicted molar refractivity (Wildman–Crippen MR) is 110 cm³/mol. The topological polar surface area (TPSA) is 108 Å². The largest absolute Gasteiger partial charge is 0.442 e. The van der Waals surface area contributed by atoms with Crippen LogP contribution in [0.3, 0.4) is 0 Å². The maximum atomic E-state index is 15.1. The summed E-state index contributed by atoms with van der Waals surface area (Å²) in [6.07, 6.45) is -0.294. The van der Waals surface area contributed by atoms with Crippen LogP contribution in [0, 0.1) is 5.82 Å². The van der Waals surface area contributed by atoms with Crippen LogP contribution in [0.2, 0.25) is 0 Å². The summed E-state index contributed by atoms with van der Waals surface area (Å²) in [5, 5.41) is 2.60. The third-order valence-electron chi connectivity index (χ3n) is 5.74. The number of morpholine rings is 1. The van der Waals surface area contributed by atoms with Crippen LogP contribution < -0.4 is 15.1 Å². The van der Waals surface area contributed by atoms with Gasteiger partial charge < -0.3 is 19.7 Å². The van der Waals surface area contributed by atoms with Gasteiger partial charge in [-0.05, 0) is 18.2 Å². The molecular weight excluding hydrogens is 431 g/mol. The highest BCUT2D eigenvalue weighted by Crippen LogP contribution is 2.33. The minimum Gasteiger partial charge on any atom is -0.442 e. The quantitative estimate of drug-likeness (QED) is 0.671. The molecule has 0 saturated carbocycles. The van der Waals surface area contributed by atoms with Crippen LogP contribution in [0.5, 0.6) is 0 Å². The summed E-state index contributed by atoms with van der Waals surface area (Å²) < 4.78 is 51.3. The van der Waals surface area contributed by atoms with Gasteiger partial charge in [-0.25, -0.2) is 17.6 Å². The van der Waals surface area contributed by atoms with Gasteiger partial charge >= 0.3 is 6.09 Å². The van der Waals surface area contributed by atoms with Gasteiger partial charge in [0.15, 0.2) is 0 Å². The Kier molecular flexibility index (Phi) is 5.79. The van der Waals surface area contributed by atoms with Gasteiger partial charge in [0.05, 0.1) is 49.5 Å². The molecule has 10 nitrogen and oxygen atoms in total. The van der Waals surface area contributed by atoms with Crippen molar-refractivity contribution < 1.29 is 31.9 Å². The van der Waals surface area contributed by atoms with E-state index in [4.69, 9.17) is 9.47 Å². The van der Waals surface area contributed by atoms with Crippen LogP contribution in [0.15, 0.2) is 18.2 Å². The molecule has 3 heterocycles. The Bertz CT molecular complexity index is 990. The van der Waals surface area contributed by atoms with E-state index in [-0.39, 0.29) is 44.2 Å². The average Bonchev–Trinajstić information content (AvgIpc) is 3.29. The second kappa shape index (κ2) is 8.24. The van der Waals surface area contributed by atoms with Crippen LogP contribution >= 0.6 is 0 Å². The standard InChI is InChI=1S/C19H25FN4O6S/c1-12(25)21-8-14-9-24(19(26)30-14)13-3-4-16(15(20)7-13)23-5-6-29-18-11-22(10-17(18)23)31(2,27)28/h3-4,7,14,17-18H,5-6,8-11H2,1-2H3,(H,21,25). The van der Waals surface area contributed by atoms with Gasteiger partial charge in [0.1, 0.15) is 11.9 Å². The maximum absolute atomic E-state index is 15.1. The first kappa shape index (κ1) is 21.8. The summed E-state index contributed by atoms with van der Waals surface area (Å²) in [5.74, 6) is -0.746. The lowest BCUT2D eigenvalue weighted by Gasteiger charge is -2.38. The molecule has 0 aromatic heterocycles. The van der Waals surface area contributed by atoms with Crippen molar-refractivity contribution in [2.45, 2.75) is 25.2 Å². The molecule has 3 unspecified atom stereocenters. The molecule has 170 valence electrons. The highest BCUT2D eigenvalue weighted by atomic mass is 32.2. The number of sulfonamides is 1. The summed E-state index contributed by atoms with van der Waals surface area (Å²) >= 11 is 0. The zero-order chi connectivity index (χ0) is 22.3. The van der Waals surface area contributed by atoms with E-state index in [0.29, 0.717) is 24.5 Å². The average molecular weight is 456 g/mol. The maximum Gasteiger partial charge on any atom is 0.414 e. The highest BCUT2D eigenvalue weighted by Gasteiger charge is 2.44. The van der Waals surface area contributed by atoms with Crippen LogP contribution in [-0.4, -0.2) is 88.6 Å². The number of carbonyl (C=O) groups excluding carboxylic acids is 2. The molecule has 3 aliphatic heterocycles. The fourth-order valence-corrected chi connectivity index (χ4v) is 5.06. The summed E-state index contributed by atoms with van der Waals surface area (Å²) in [6.45, 7) is 3.03. The summed E-state index contributed by atoms with van der Waals surface area (Å²) in [4.78, 5) is 26.4. The number of halogens is 1. The number of rotatable bonds is 5. The molecule has 2 amide bonds. The summed E-state index contributed by atoms with van der Waals surface area (Å²) in [6, 6.07) is 4.20. The Morgan fingerprint density at radius 1 is 1.29 bits per heavy atom. The zero-order valence-electron chi connectivity index (χ0n) is 17.3. The van der Waals surface area contributed by atoms with Crippen molar-refractivity contribution in [3.63, 3.8) is 0 Å². The zero-order valence-corrected chi connectivity index (χ0v) is 18.1. The number of ether oxygens (including phenoxy) is 2. The van der Waals surface area contributed by atoms with Gasteiger partial charge in [0.2, 0.25) is 15.9 Å². The van der Waals surface area contributed by atoms with Gasteiger partial charge in [-0.3, -0.25) is 9.69 Å². The Morgan fingerprint density at radius 2 is 2.06 bits per heavy atom. The first-order valence-corrected chi connectivity index (χ1v) is 11.8. The number of nitrogens with zero attached hydrogens (tertiary/aromatic N) is 3. The van der Waals surface area contributed by atoms with Gasteiger partial charge in [-0.2, -0.15) is 4.31 Å². The third kappa shape index (κ3) is 4.46. The van der Waals surface area contributed by atoms with E-state index in [9.17, 15) is 18.0 Å².